The van der Waals surface area contributed by atoms with Gasteiger partial charge in [-0.1, -0.05) is 12.1 Å². The lowest BCUT2D eigenvalue weighted by atomic mass is 10.2. The fraction of sp³-hybridized carbons (Fsp3) is 0.143. The summed E-state index contributed by atoms with van der Waals surface area (Å²) in [5, 5.41) is 0. The van der Waals surface area contributed by atoms with Crippen molar-refractivity contribution >= 4 is 0 Å². The number of hydrogen-bond acceptors (Lipinski definition) is 0. The number of benzene rings is 1. The predicted molar refractivity (Wildman–Crippen MR) is 33.2 cm³/mol. The molecular formula is C7H7FN. The summed E-state index contributed by atoms with van der Waals surface area (Å²) in [5.74, 6) is -0.243. The number of hydrogen-bond donors (Lipinski definition) is 0. The highest BCUT2D eigenvalue weighted by Gasteiger charge is 1.88. The highest BCUT2D eigenvalue weighted by Crippen LogP contribution is 2.00. The van der Waals surface area contributed by atoms with Crippen LogP contribution in [0.15, 0.2) is 24.3 Å². The van der Waals surface area contributed by atoms with Gasteiger partial charge in [-0.15, -0.1) is 0 Å². The van der Waals surface area contributed by atoms with Crippen molar-refractivity contribution in [2.75, 3.05) is 0 Å². The van der Waals surface area contributed by atoms with Crippen LogP contribution >= 0.6 is 0 Å². The van der Waals surface area contributed by atoms with Gasteiger partial charge in [0.05, 0.1) is 0 Å². The van der Waals surface area contributed by atoms with Gasteiger partial charge < -0.3 is 0 Å². The van der Waals surface area contributed by atoms with Gasteiger partial charge in [-0.25, -0.2) is 4.39 Å². The molecule has 0 fully saturated rings. The molecular weight excluding hydrogens is 117 g/mol. The molecule has 1 aromatic carbocycles. The third kappa shape index (κ3) is 1.50. The lowest BCUT2D eigenvalue weighted by molar-refractivity contribution is 0.627. The molecule has 1 rings (SSSR count). The first-order valence-corrected chi connectivity index (χ1v) is 2.72. The molecule has 1 radical (unpaired) electrons. The van der Waals surface area contributed by atoms with Crippen molar-refractivity contribution in [3.8, 4) is 0 Å². The second-order valence-corrected chi connectivity index (χ2v) is 1.80. The molecule has 0 aromatic heterocycles. The summed E-state index contributed by atoms with van der Waals surface area (Å²) in [5.41, 5.74) is 7.74. The summed E-state index contributed by atoms with van der Waals surface area (Å²) in [6.07, 6.45) is 0. The molecule has 0 aliphatic rings. The molecule has 0 atom stereocenters. The Morgan fingerprint density at radius 3 is 2.22 bits per heavy atom. The largest absolute Gasteiger partial charge is 0.253 e. The van der Waals surface area contributed by atoms with Crippen molar-refractivity contribution in [3.63, 3.8) is 0 Å². The van der Waals surface area contributed by atoms with E-state index in [-0.39, 0.29) is 12.4 Å². The molecule has 0 aliphatic carbocycles. The summed E-state index contributed by atoms with van der Waals surface area (Å²) >= 11 is 0. The molecule has 9 heavy (non-hydrogen) atoms. The van der Waals surface area contributed by atoms with Crippen LogP contribution in [0.4, 0.5) is 4.39 Å². The van der Waals surface area contributed by atoms with Crippen molar-refractivity contribution < 1.29 is 4.39 Å². The Balaban J connectivity index is 2.88. The van der Waals surface area contributed by atoms with Crippen molar-refractivity contribution in [2.45, 2.75) is 6.54 Å². The van der Waals surface area contributed by atoms with Gasteiger partial charge in [-0.2, -0.15) is 0 Å². The Morgan fingerprint density at radius 2 is 1.78 bits per heavy atom. The number of rotatable bonds is 1. The van der Waals surface area contributed by atoms with Gasteiger partial charge in [-0.05, 0) is 17.7 Å². The minimum atomic E-state index is -0.243. The van der Waals surface area contributed by atoms with Crippen LogP contribution in [0, 0.1) is 5.82 Å². The van der Waals surface area contributed by atoms with E-state index in [4.69, 9.17) is 5.73 Å². The lowest BCUT2D eigenvalue weighted by Gasteiger charge is -1.91. The molecule has 0 spiro atoms. The van der Waals surface area contributed by atoms with E-state index in [2.05, 4.69) is 0 Å². The van der Waals surface area contributed by atoms with Gasteiger partial charge in [0, 0.05) is 6.54 Å². The Labute approximate surface area is 53.3 Å². The maximum Gasteiger partial charge on any atom is 0.123 e. The second-order valence-electron chi connectivity index (χ2n) is 1.80. The van der Waals surface area contributed by atoms with E-state index in [1.165, 1.54) is 12.1 Å². The minimum Gasteiger partial charge on any atom is -0.253 e. The van der Waals surface area contributed by atoms with Crippen LogP contribution in [-0.2, 0) is 6.54 Å². The zero-order valence-electron chi connectivity index (χ0n) is 4.89. The van der Waals surface area contributed by atoms with Crippen LogP contribution in [0.1, 0.15) is 5.56 Å². The van der Waals surface area contributed by atoms with E-state index in [9.17, 15) is 4.39 Å². The van der Waals surface area contributed by atoms with E-state index in [0.29, 0.717) is 0 Å². The maximum atomic E-state index is 12.2. The zero-order chi connectivity index (χ0) is 6.69. The SMILES string of the molecule is [NH]Cc1ccc(F)cc1. The van der Waals surface area contributed by atoms with Crippen LogP contribution in [0.5, 0.6) is 0 Å². The summed E-state index contributed by atoms with van der Waals surface area (Å²) < 4.78 is 12.2. The number of halogens is 1. The molecule has 1 N–H and O–H groups in total. The van der Waals surface area contributed by atoms with Crippen LogP contribution in [0.2, 0.25) is 0 Å². The molecule has 0 unspecified atom stereocenters. The van der Waals surface area contributed by atoms with Crippen molar-refractivity contribution in [2.24, 2.45) is 0 Å². The standard InChI is InChI=1S/C7H7FN/c8-7-3-1-6(5-9)2-4-7/h1-4,9H,5H2. The normalized spacial score (nSPS) is 9.56. The molecule has 1 nitrogen and oxygen atoms in total. The summed E-state index contributed by atoms with van der Waals surface area (Å²) in [6.45, 7) is 0.222. The second kappa shape index (κ2) is 2.60. The van der Waals surface area contributed by atoms with Crippen molar-refractivity contribution in [1.82, 2.24) is 5.73 Å². The van der Waals surface area contributed by atoms with Crippen LogP contribution in [0.3, 0.4) is 0 Å². The number of nitrogens with one attached hydrogen (secondary N) is 1. The van der Waals surface area contributed by atoms with E-state index in [0.717, 1.165) is 5.56 Å². The van der Waals surface area contributed by atoms with Gasteiger partial charge >= 0.3 is 0 Å². The van der Waals surface area contributed by atoms with Crippen LogP contribution < -0.4 is 5.73 Å². The third-order valence-electron chi connectivity index (χ3n) is 1.12. The predicted octanol–water partition coefficient (Wildman–Crippen LogP) is 1.61. The Kier molecular flexibility index (Phi) is 1.80. The Bertz CT molecular complexity index is 181. The molecule has 0 aliphatic heterocycles. The molecule has 0 amide bonds. The average molecular weight is 124 g/mol. The average Bonchev–Trinajstić information content (AvgIpc) is 1.90. The third-order valence-corrected chi connectivity index (χ3v) is 1.12. The molecule has 0 heterocycles. The summed E-state index contributed by atoms with van der Waals surface area (Å²) in [7, 11) is 0. The van der Waals surface area contributed by atoms with Crippen LogP contribution in [-0.4, -0.2) is 0 Å². The van der Waals surface area contributed by atoms with Gasteiger partial charge in [0.2, 0.25) is 0 Å². The zero-order valence-corrected chi connectivity index (χ0v) is 4.89. The molecule has 2 heteroatoms. The molecule has 1 aromatic rings. The highest BCUT2D eigenvalue weighted by atomic mass is 19.1. The fourth-order valence-electron chi connectivity index (χ4n) is 0.602. The van der Waals surface area contributed by atoms with Crippen LogP contribution in [0.25, 0.3) is 0 Å². The van der Waals surface area contributed by atoms with E-state index in [1.807, 2.05) is 0 Å². The molecule has 0 saturated carbocycles. The van der Waals surface area contributed by atoms with E-state index >= 15 is 0 Å². The van der Waals surface area contributed by atoms with Crippen molar-refractivity contribution in [1.29, 1.82) is 0 Å². The van der Waals surface area contributed by atoms with Gasteiger partial charge in [0.1, 0.15) is 5.82 Å². The monoisotopic (exact) mass is 124 g/mol. The van der Waals surface area contributed by atoms with Gasteiger partial charge in [0.25, 0.3) is 0 Å². The van der Waals surface area contributed by atoms with Gasteiger partial charge in [-0.3, -0.25) is 5.73 Å². The van der Waals surface area contributed by atoms with Crippen molar-refractivity contribution in [3.05, 3.63) is 35.6 Å². The lowest BCUT2D eigenvalue weighted by Crippen LogP contribution is -1.83. The summed E-state index contributed by atoms with van der Waals surface area (Å²) in [6, 6.07) is 5.96. The van der Waals surface area contributed by atoms with E-state index < -0.39 is 0 Å². The minimum absolute atomic E-state index is 0.222. The fourth-order valence-corrected chi connectivity index (χ4v) is 0.602. The first-order valence-electron chi connectivity index (χ1n) is 2.72. The smallest absolute Gasteiger partial charge is 0.123 e. The molecule has 47 valence electrons. The topological polar surface area (TPSA) is 23.8 Å². The maximum absolute atomic E-state index is 12.2. The van der Waals surface area contributed by atoms with Gasteiger partial charge in [0.15, 0.2) is 0 Å². The quantitative estimate of drug-likeness (QED) is 0.543. The first-order chi connectivity index (χ1) is 4.33. The highest BCUT2D eigenvalue weighted by molar-refractivity contribution is 5.15. The first kappa shape index (κ1) is 6.23. The Hall–Kier alpha value is -0.890. The summed E-state index contributed by atoms with van der Waals surface area (Å²) in [4.78, 5) is 0. The molecule has 0 saturated heterocycles. The Morgan fingerprint density at radius 1 is 1.22 bits per heavy atom. The molecule has 0 bridgehead atoms. The van der Waals surface area contributed by atoms with E-state index in [1.54, 1.807) is 12.1 Å².